The highest BCUT2D eigenvalue weighted by atomic mass is 16.5. The Kier molecular flexibility index (Phi) is 2.91. The first-order valence-corrected chi connectivity index (χ1v) is 3.93. The molecular weight excluding hydrogens is 140 g/mol. The molecule has 0 aromatic heterocycles. The van der Waals surface area contributed by atoms with Gasteiger partial charge < -0.3 is 4.74 Å². The summed E-state index contributed by atoms with van der Waals surface area (Å²) in [6.07, 6.45) is 2.21. The quantitative estimate of drug-likeness (QED) is 0.615. The Labute approximate surface area is 66.7 Å². The van der Waals surface area contributed by atoms with Crippen LogP contribution in [-0.4, -0.2) is 18.5 Å². The fourth-order valence-corrected chi connectivity index (χ4v) is 0.979. The molecule has 1 aliphatic rings. The van der Waals surface area contributed by atoms with Crippen molar-refractivity contribution >= 4 is 5.90 Å². The highest BCUT2D eigenvalue weighted by Gasteiger charge is 2.15. The van der Waals surface area contributed by atoms with Gasteiger partial charge in [-0.15, -0.1) is 0 Å². The van der Waals surface area contributed by atoms with Crippen molar-refractivity contribution in [3.8, 4) is 6.07 Å². The second-order valence-electron chi connectivity index (χ2n) is 2.55. The highest BCUT2D eigenvalue weighted by Crippen LogP contribution is 2.10. The van der Waals surface area contributed by atoms with E-state index in [0.717, 1.165) is 12.3 Å². The topological polar surface area (TPSA) is 45.4 Å². The van der Waals surface area contributed by atoms with E-state index in [1.54, 1.807) is 0 Å². The minimum atomic E-state index is 0.337. The van der Waals surface area contributed by atoms with E-state index in [1.807, 2.05) is 0 Å². The monoisotopic (exact) mass is 152 g/mol. The molecule has 3 heteroatoms. The summed E-state index contributed by atoms with van der Waals surface area (Å²) in [5.41, 5.74) is 0. The molecule has 1 heterocycles. The SMILES string of the molecule is CC[C@@H]1COC(CCC#N)=N1. The second kappa shape index (κ2) is 3.97. The lowest BCUT2D eigenvalue weighted by atomic mass is 10.3. The van der Waals surface area contributed by atoms with Crippen LogP contribution in [0.3, 0.4) is 0 Å². The summed E-state index contributed by atoms with van der Waals surface area (Å²) in [4.78, 5) is 4.29. The molecule has 0 aliphatic carbocycles. The predicted molar refractivity (Wildman–Crippen MR) is 42.3 cm³/mol. The molecule has 1 atom stereocenters. The van der Waals surface area contributed by atoms with Gasteiger partial charge in [-0.25, -0.2) is 4.99 Å². The summed E-state index contributed by atoms with van der Waals surface area (Å²) in [5.74, 6) is 0.762. The van der Waals surface area contributed by atoms with Gasteiger partial charge in [-0.05, 0) is 6.42 Å². The van der Waals surface area contributed by atoms with Crippen molar-refractivity contribution in [2.75, 3.05) is 6.61 Å². The zero-order valence-corrected chi connectivity index (χ0v) is 6.71. The summed E-state index contributed by atoms with van der Waals surface area (Å²) in [5, 5.41) is 8.29. The van der Waals surface area contributed by atoms with Crippen molar-refractivity contribution < 1.29 is 4.74 Å². The number of aliphatic imine (C=N–C) groups is 1. The minimum absolute atomic E-state index is 0.337. The molecule has 1 aliphatic heterocycles. The molecule has 0 amide bonds. The Morgan fingerprint density at radius 3 is 3.18 bits per heavy atom. The standard InChI is InChI=1S/C8H12N2O/c1-2-7-6-11-8(10-7)4-3-5-9/h7H,2-4,6H2,1H3/t7-/m1/s1. The second-order valence-corrected chi connectivity index (χ2v) is 2.55. The van der Waals surface area contributed by atoms with Crippen LogP contribution in [0.2, 0.25) is 0 Å². The average molecular weight is 152 g/mol. The van der Waals surface area contributed by atoms with Crippen molar-refractivity contribution in [2.24, 2.45) is 4.99 Å². The van der Waals surface area contributed by atoms with Gasteiger partial charge in [-0.3, -0.25) is 0 Å². The molecule has 1 rings (SSSR count). The van der Waals surface area contributed by atoms with Crippen molar-refractivity contribution in [3.63, 3.8) is 0 Å². The Hall–Kier alpha value is -1.04. The van der Waals surface area contributed by atoms with Crippen LogP contribution in [0.25, 0.3) is 0 Å². The Balaban J connectivity index is 2.31. The van der Waals surface area contributed by atoms with Crippen LogP contribution in [0.4, 0.5) is 0 Å². The van der Waals surface area contributed by atoms with Gasteiger partial charge in [0.2, 0.25) is 0 Å². The molecule has 0 aromatic carbocycles. The van der Waals surface area contributed by atoms with Crippen LogP contribution in [0.1, 0.15) is 26.2 Å². The molecule has 0 aromatic rings. The lowest BCUT2D eigenvalue weighted by Crippen LogP contribution is -2.03. The summed E-state index contributed by atoms with van der Waals surface area (Å²) in [6, 6.07) is 2.40. The molecule has 0 saturated heterocycles. The van der Waals surface area contributed by atoms with Crippen LogP contribution >= 0.6 is 0 Å². The number of nitriles is 1. The van der Waals surface area contributed by atoms with Crippen molar-refractivity contribution in [1.82, 2.24) is 0 Å². The predicted octanol–water partition coefficient (Wildman–Crippen LogP) is 1.50. The Morgan fingerprint density at radius 2 is 2.64 bits per heavy atom. The van der Waals surface area contributed by atoms with Crippen molar-refractivity contribution in [3.05, 3.63) is 0 Å². The van der Waals surface area contributed by atoms with Crippen LogP contribution in [0.15, 0.2) is 4.99 Å². The third-order valence-corrected chi connectivity index (χ3v) is 1.69. The Bertz CT molecular complexity index is 193. The molecule has 60 valence electrons. The summed E-state index contributed by atoms with van der Waals surface area (Å²) >= 11 is 0. The van der Waals surface area contributed by atoms with Crippen LogP contribution < -0.4 is 0 Å². The van der Waals surface area contributed by atoms with E-state index in [-0.39, 0.29) is 0 Å². The van der Waals surface area contributed by atoms with E-state index in [2.05, 4.69) is 18.0 Å². The van der Waals surface area contributed by atoms with Crippen molar-refractivity contribution in [1.29, 1.82) is 5.26 Å². The van der Waals surface area contributed by atoms with E-state index in [0.29, 0.717) is 25.5 Å². The largest absolute Gasteiger partial charge is 0.479 e. The molecule has 11 heavy (non-hydrogen) atoms. The number of nitrogens with zero attached hydrogens (tertiary/aromatic N) is 2. The highest BCUT2D eigenvalue weighted by molar-refractivity contribution is 5.77. The first-order chi connectivity index (χ1) is 5.36. The molecule has 3 nitrogen and oxygen atoms in total. The third-order valence-electron chi connectivity index (χ3n) is 1.69. The molecule has 0 saturated carbocycles. The van der Waals surface area contributed by atoms with Gasteiger partial charge in [0.05, 0.1) is 12.1 Å². The van der Waals surface area contributed by atoms with Crippen molar-refractivity contribution in [2.45, 2.75) is 32.2 Å². The van der Waals surface area contributed by atoms with Crippen LogP contribution in [0.5, 0.6) is 0 Å². The molecule has 0 bridgehead atoms. The maximum atomic E-state index is 8.29. The van der Waals surface area contributed by atoms with Gasteiger partial charge in [0.25, 0.3) is 0 Å². The normalized spacial score (nSPS) is 22.2. The van der Waals surface area contributed by atoms with Gasteiger partial charge in [0.15, 0.2) is 5.90 Å². The maximum absolute atomic E-state index is 8.29. The molecule has 0 N–H and O–H groups in total. The zero-order valence-electron chi connectivity index (χ0n) is 6.71. The van der Waals surface area contributed by atoms with E-state index in [4.69, 9.17) is 10.00 Å². The fourth-order valence-electron chi connectivity index (χ4n) is 0.979. The molecule has 0 unspecified atom stereocenters. The molecule has 0 fully saturated rings. The van der Waals surface area contributed by atoms with E-state index >= 15 is 0 Å². The molecular formula is C8H12N2O. The summed E-state index contributed by atoms with van der Waals surface area (Å²) in [7, 11) is 0. The third kappa shape index (κ3) is 2.23. The zero-order chi connectivity index (χ0) is 8.10. The molecule has 0 radical (unpaired) electrons. The molecule has 0 spiro atoms. The number of ether oxygens (including phenoxy) is 1. The lowest BCUT2D eigenvalue weighted by molar-refractivity contribution is 0.307. The van der Waals surface area contributed by atoms with Crippen LogP contribution in [0, 0.1) is 11.3 Å². The first-order valence-electron chi connectivity index (χ1n) is 3.93. The Morgan fingerprint density at radius 1 is 1.82 bits per heavy atom. The van der Waals surface area contributed by atoms with Gasteiger partial charge in [-0.1, -0.05) is 6.92 Å². The number of hydrogen-bond donors (Lipinski definition) is 0. The van der Waals surface area contributed by atoms with Crippen LogP contribution in [-0.2, 0) is 4.74 Å². The summed E-state index contributed by atoms with van der Waals surface area (Å²) in [6.45, 7) is 2.79. The van der Waals surface area contributed by atoms with Gasteiger partial charge in [0.1, 0.15) is 6.61 Å². The van der Waals surface area contributed by atoms with E-state index in [1.165, 1.54) is 0 Å². The number of rotatable bonds is 3. The van der Waals surface area contributed by atoms with E-state index in [9.17, 15) is 0 Å². The fraction of sp³-hybridized carbons (Fsp3) is 0.750. The van der Waals surface area contributed by atoms with Gasteiger partial charge in [-0.2, -0.15) is 5.26 Å². The lowest BCUT2D eigenvalue weighted by Gasteiger charge is -1.96. The smallest absolute Gasteiger partial charge is 0.184 e. The van der Waals surface area contributed by atoms with Gasteiger partial charge >= 0.3 is 0 Å². The minimum Gasteiger partial charge on any atom is -0.479 e. The first kappa shape index (κ1) is 8.06. The number of hydrogen-bond acceptors (Lipinski definition) is 3. The van der Waals surface area contributed by atoms with E-state index < -0.39 is 0 Å². The van der Waals surface area contributed by atoms with Gasteiger partial charge in [0, 0.05) is 12.8 Å². The maximum Gasteiger partial charge on any atom is 0.184 e. The summed E-state index contributed by atoms with van der Waals surface area (Å²) < 4.78 is 5.26. The average Bonchev–Trinajstić information content (AvgIpc) is 2.48.